The first kappa shape index (κ1) is 9.66. The van der Waals surface area contributed by atoms with Gasteiger partial charge < -0.3 is 5.73 Å². The molecule has 0 saturated carbocycles. The van der Waals surface area contributed by atoms with E-state index in [4.69, 9.17) is 16.4 Å². The van der Waals surface area contributed by atoms with E-state index in [1.54, 1.807) is 5.48 Å². The molecular formula is C3H6ClN5O2. The molecule has 11 heavy (non-hydrogen) atoms. The monoisotopic (exact) mass is 179 g/mol. The van der Waals surface area contributed by atoms with Crippen LogP contribution in [-0.2, 0) is 0 Å². The lowest BCUT2D eigenvalue weighted by atomic mass is 10.4. The van der Waals surface area contributed by atoms with Crippen molar-refractivity contribution in [1.29, 1.82) is 5.41 Å². The zero-order valence-electron chi connectivity index (χ0n) is 5.24. The Morgan fingerprint density at radius 2 is 2.27 bits per heavy atom. The zero-order valence-corrected chi connectivity index (χ0v) is 6.05. The van der Waals surface area contributed by atoms with E-state index in [0.717, 1.165) is 0 Å². The second-order valence-electron chi connectivity index (χ2n) is 1.48. The van der Waals surface area contributed by atoms with Gasteiger partial charge in [-0.2, -0.15) is 0 Å². The molecule has 1 heterocycles. The summed E-state index contributed by atoms with van der Waals surface area (Å²) in [6, 6.07) is 0. The third kappa shape index (κ3) is 1.79. The van der Waals surface area contributed by atoms with Crippen LogP contribution in [0.4, 0.5) is 5.82 Å². The fourth-order valence-electron chi connectivity index (χ4n) is 0.422. The van der Waals surface area contributed by atoms with Crippen LogP contribution in [0.25, 0.3) is 0 Å². The SMILES string of the molecule is Cl.N=C(NO)c1nonc1N. The molecule has 0 aliphatic heterocycles. The smallest absolute Gasteiger partial charge is 0.199 e. The molecule has 0 aromatic carbocycles. The molecule has 8 heteroatoms. The molecule has 5 N–H and O–H groups in total. The Hall–Kier alpha value is -1.34. The Balaban J connectivity index is 0.000001000. The van der Waals surface area contributed by atoms with Gasteiger partial charge in [0, 0.05) is 0 Å². The van der Waals surface area contributed by atoms with Crippen molar-refractivity contribution in [1.82, 2.24) is 15.8 Å². The number of halogens is 1. The van der Waals surface area contributed by atoms with Gasteiger partial charge in [-0.3, -0.25) is 16.1 Å². The summed E-state index contributed by atoms with van der Waals surface area (Å²) in [4.78, 5) is 0. The normalized spacial score (nSPS) is 8.45. The van der Waals surface area contributed by atoms with E-state index in [2.05, 4.69) is 14.9 Å². The molecule has 0 amide bonds. The van der Waals surface area contributed by atoms with Crippen LogP contribution >= 0.6 is 12.4 Å². The topological polar surface area (TPSA) is 121 Å². The molecule has 7 nitrogen and oxygen atoms in total. The zero-order chi connectivity index (χ0) is 7.56. The lowest BCUT2D eigenvalue weighted by Crippen LogP contribution is -2.20. The summed E-state index contributed by atoms with van der Waals surface area (Å²) in [7, 11) is 0. The van der Waals surface area contributed by atoms with E-state index < -0.39 is 0 Å². The Bertz CT molecular complexity index is 248. The molecule has 0 fully saturated rings. The first-order valence-corrected chi connectivity index (χ1v) is 2.32. The van der Waals surface area contributed by atoms with Gasteiger partial charge in [-0.15, -0.1) is 12.4 Å². The van der Waals surface area contributed by atoms with Crippen molar-refractivity contribution in [2.75, 3.05) is 5.73 Å². The van der Waals surface area contributed by atoms with E-state index >= 15 is 0 Å². The summed E-state index contributed by atoms with van der Waals surface area (Å²) in [6.07, 6.45) is 0. The Kier molecular flexibility index (Phi) is 3.28. The average Bonchev–Trinajstić information content (AvgIpc) is 2.34. The summed E-state index contributed by atoms with van der Waals surface area (Å²) in [5.74, 6) is -0.384. The largest absolute Gasteiger partial charge is 0.379 e. The number of hydrogen-bond acceptors (Lipinski definition) is 6. The molecular weight excluding hydrogens is 174 g/mol. The highest BCUT2D eigenvalue weighted by atomic mass is 35.5. The first-order chi connectivity index (χ1) is 4.75. The maximum atomic E-state index is 8.19. The number of amidine groups is 1. The Labute approximate surface area is 67.4 Å². The summed E-state index contributed by atoms with van der Waals surface area (Å²) in [5.41, 5.74) is 6.70. The van der Waals surface area contributed by atoms with Gasteiger partial charge in [-0.25, -0.2) is 4.63 Å². The molecule has 0 bridgehead atoms. The molecule has 1 aromatic rings. The summed E-state index contributed by atoms with van der Waals surface area (Å²) in [6.45, 7) is 0. The molecule has 0 aliphatic rings. The third-order valence-corrected chi connectivity index (χ3v) is 0.863. The lowest BCUT2D eigenvalue weighted by Gasteiger charge is -1.93. The minimum atomic E-state index is -0.348. The maximum absolute atomic E-state index is 8.19. The Morgan fingerprint density at radius 1 is 1.64 bits per heavy atom. The van der Waals surface area contributed by atoms with Crippen LogP contribution in [-0.4, -0.2) is 21.4 Å². The second kappa shape index (κ2) is 3.74. The summed E-state index contributed by atoms with van der Waals surface area (Å²) in [5, 5.41) is 21.5. The highest BCUT2D eigenvalue weighted by Gasteiger charge is 2.10. The van der Waals surface area contributed by atoms with Crippen molar-refractivity contribution in [3.8, 4) is 0 Å². The number of nitrogens with zero attached hydrogens (tertiary/aromatic N) is 2. The number of anilines is 1. The van der Waals surface area contributed by atoms with E-state index in [1.165, 1.54) is 0 Å². The molecule has 0 unspecified atom stereocenters. The number of nitrogens with two attached hydrogens (primary N) is 1. The van der Waals surface area contributed by atoms with Crippen molar-refractivity contribution in [2.45, 2.75) is 0 Å². The molecule has 0 atom stereocenters. The minimum absolute atomic E-state index is 0. The predicted molar refractivity (Wildman–Crippen MR) is 37.7 cm³/mol. The molecule has 0 aliphatic carbocycles. The van der Waals surface area contributed by atoms with Crippen molar-refractivity contribution >= 4 is 24.1 Å². The van der Waals surface area contributed by atoms with Crippen LogP contribution in [0.1, 0.15) is 5.69 Å². The van der Waals surface area contributed by atoms with Gasteiger partial charge in [0.25, 0.3) is 0 Å². The van der Waals surface area contributed by atoms with E-state index in [1.807, 2.05) is 0 Å². The van der Waals surface area contributed by atoms with Crippen LogP contribution in [0.15, 0.2) is 4.63 Å². The molecule has 1 aromatic heterocycles. The number of aromatic nitrogens is 2. The number of hydroxylamine groups is 1. The average molecular weight is 180 g/mol. The minimum Gasteiger partial charge on any atom is -0.379 e. The molecule has 0 saturated heterocycles. The first-order valence-electron chi connectivity index (χ1n) is 2.32. The van der Waals surface area contributed by atoms with Crippen molar-refractivity contribution in [3.63, 3.8) is 0 Å². The third-order valence-electron chi connectivity index (χ3n) is 0.863. The summed E-state index contributed by atoms with van der Waals surface area (Å²) < 4.78 is 4.15. The fourth-order valence-corrected chi connectivity index (χ4v) is 0.422. The predicted octanol–water partition coefficient (Wildman–Crippen LogP) is -0.622. The maximum Gasteiger partial charge on any atom is 0.199 e. The van der Waals surface area contributed by atoms with Crippen LogP contribution in [0.5, 0.6) is 0 Å². The number of hydrogen-bond donors (Lipinski definition) is 4. The number of rotatable bonds is 1. The van der Waals surface area contributed by atoms with Crippen LogP contribution < -0.4 is 11.2 Å². The van der Waals surface area contributed by atoms with E-state index in [-0.39, 0.29) is 29.8 Å². The Morgan fingerprint density at radius 3 is 2.64 bits per heavy atom. The van der Waals surface area contributed by atoms with Crippen LogP contribution in [0.3, 0.4) is 0 Å². The molecule has 1 rings (SSSR count). The van der Waals surface area contributed by atoms with Gasteiger partial charge in [0.05, 0.1) is 0 Å². The molecule has 0 radical (unpaired) electrons. The van der Waals surface area contributed by atoms with Gasteiger partial charge in [0.2, 0.25) is 0 Å². The second-order valence-corrected chi connectivity index (χ2v) is 1.48. The van der Waals surface area contributed by atoms with Gasteiger partial charge >= 0.3 is 0 Å². The van der Waals surface area contributed by atoms with Gasteiger partial charge in [0.15, 0.2) is 17.3 Å². The quantitative estimate of drug-likeness (QED) is 0.259. The van der Waals surface area contributed by atoms with Gasteiger partial charge in [-0.05, 0) is 10.3 Å². The van der Waals surface area contributed by atoms with Gasteiger partial charge in [-0.1, -0.05) is 0 Å². The lowest BCUT2D eigenvalue weighted by molar-refractivity contribution is 0.233. The highest BCUT2D eigenvalue weighted by Crippen LogP contribution is 2.01. The molecule has 62 valence electrons. The summed E-state index contributed by atoms with van der Waals surface area (Å²) >= 11 is 0. The van der Waals surface area contributed by atoms with Gasteiger partial charge in [0.1, 0.15) is 0 Å². The van der Waals surface area contributed by atoms with Crippen molar-refractivity contribution < 1.29 is 9.84 Å². The van der Waals surface area contributed by atoms with Crippen LogP contribution in [0.2, 0.25) is 0 Å². The number of nitrogen functional groups attached to an aromatic ring is 1. The van der Waals surface area contributed by atoms with Crippen molar-refractivity contribution in [3.05, 3.63) is 5.69 Å². The fraction of sp³-hybridized carbons (Fsp3) is 0. The van der Waals surface area contributed by atoms with E-state index in [0.29, 0.717) is 0 Å². The standard InChI is InChI=1S/C3H5N5O2.ClH/c4-2(6-9)1-3(5)8-10-7-1;/h9H,(H2,4,6)(H2,5,8);1H. The van der Waals surface area contributed by atoms with Crippen molar-refractivity contribution in [2.24, 2.45) is 0 Å². The number of nitrogens with one attached hydrogen (secondary N) is 2. The highest BCUT2D eigenvalue weighted by molar-refractivity contribution is 5.97. The van der Waals surface area contributed by atoms with E-state index in [9.17, 15) is 0 Å². The molecule has 0 spiro atoms. The van der Waals surface area contributed by atoms with Crippen LogP contribution in [0, 0.1) is 5.41 Å².